The van der Waals surface area contributed by atoms with E-state index in [4.69, 9.17) is 5.26 Å². The lowest BCUT2D eigenvalue weighted by Gasteiger charge is -2.19. The second-order valence-corrected chi connectivity index (χ2v) is 7.17. The molecule has 0 heterocycles. The maximum atomic E-state index is 12.2. The van der Waals surface area contributed by atoms with Crippen molar-refractivity contribution in [2.75, 3.05) is 46.5 Å². The summed E-state index contributed by atoms with van der Waals surface area (Å²) in [5.41, 5.74) is 0.368. The Hall–Kier alpha value is -1.42. The Kier molecular flexibility index (Phi) is 6.14. The lowest BCUT2D eigenvalue weighted by molar-refractivity contribution is 0.293. The van der Waals surface area contributed by atoms with Gasteiger partial charge in [0.2, 0.25) is 0 Å². The van der Waals surface area contributed by atoms with Crippen LogP contribution >= 0.6 is 0 Å². The lowest BCUT2D eigenvalue weighted by Crippen LogP contribution is -2.32. The molecule has 0 amide bonds. The number of likely N-dealkylation sites (N-methyl/N-ethyl adjacent to an activating group) is 2. The topological polar surface area (TPSA) is 64.4 Å². The molecular formula is C14H21N3O2S. The van der Waals surface area contributed by atoms with Crippen molar-refractivity contribution < 1.29 is 8.42 Å². The van der Waals surface area contributed by atoms with Crippen LogP contribution in [0.2, 0.25) is 0 Å². The van der Waals surface area contributed by atoms with E-state index in [1.54, 1.807) is 12.1 Å². The molecule has 20 heavy (non-hydrogen) atoms. The molecule has 0 aromatic heterocycles. The second kappa shape index (κ2) is 7.39. The van der Waals surface area contributed by atoms with Gasteiger partial charge in [-0.2, -0.15) is 5.26 Å². The van der Waals surface area contributed by atoms with Gasteiger partial charge in [0.25, 0.3) is 0 Å². The maximum Gasteiger partial charge on any atom is 0.179 e. The zero-order valence-corrected chi connectivity index (χ0v) is 13.0. The first kappa shape index (κ1) is 16.6. The summed E-state index contributed by atoms with van der Waals surface area (Å²) < 4.78 is 24.4. The molecule has 0 aliphatic rings. The van der Waals surface area contributed by atoms with Gasteiger partial charge in [0.05, 0.1) is 22.3 Å². The summed E-state index contributed by atoms with van der Waals surface area (Å²) in [7, 11) is 2.54. The smallest absolute Gasteiger partial charge is 0.179 e. The first-order valence-electron chi connectivity index (χ1n) is 6.41. The van der Waals surface area contributed by atoms with Crippen LogP contribution < -0.4 is 0 Å². The maximum absolute atomic E-state index is 12.2. The van der Waals surface area contributed by atoms with Gasteiger partial charge >= 0.3 is 0 Å². The SMILES string of the molecule is CN(C)CCN(C)CCS(=O)(=O)c1cccc(C#N)c1. The summed E-state index contributed by atoms with van der Waals surface area (Å²) in [5.74, 6) is 0.0613. The molecule has 0 aliphatic carbocycles. The van der Waals surface area contributed by atoms with Crippen LogP contribution in [0.5, 0.6) is 0 Å². The summed E-state index contributed by atoms with van der Waals surface area (Å²) in [6, 6.07) is 8.12. The molecule has 1 rings (SSSR count). The van der Waals surface area contributed by atoms with E-state index < -0.39 is 9.84 Å². The minimum absolute atomic E-state index is 0.0613. The largest absolute Gasteiger partial charge is 0.308 e. The zero-order valence-electron chi connectivity index (χ0n) is 12.2. The molecule has 0 radical (unpaired) electrons. The van der Waals surface area contributed by atoms with Crippen LogP contribution in [0.4, 0.5) is 0 Å². The van der Waals surface area contributed by atoms with Crippen LogP contribution in [0.1, 0.15) is 5.56 Å². The minimum atomic E-state index is -3.33. The van der Waals surface area contributed by atoms with Gasteiger partial charge in [0, 0.05) is 19.6 Å². The predicted molar refractivity (Wildman–Crippen MR) is 79.3 cm³/mol. The number of rotatable bonds is 7. The lowest BCUT2D eigenvalue weighted by atomic mass is 10.2. The van der Waals surface area contributed by atoms with Gasteiger partial charge in [0.1, 0.15) is 0 Å². The third-order valence-electron chi connectivity index (χ3n) is 2.99. The average molecular weight is 295 g/mol. The summed E-state index contributed by atoms with van der Waals surface area (Å²) >= 11 is 0. The highest BCUT2D eigenvalue weighted by Crippen LogP contribution is 2.13. The first-order valence-corrected chi connectivity index (χ1v) is 8.06. The quantitative estimate of drug-likeness (QED) is 0.745. The van der Waals surface area contributed by atoms with Gasteiger partial charge in [-0.3, -0.25) is 0 Å². The Labute approximate surface area is 121 Å². The van der Waals surface area contributed by atoms with Gasteiger partial charge in [0.15, 0.2) is 9.84 Å². The van der Waals surface area contributed by atoms with E-state index in [0.29, 0.717) is 12.1 Å². The Balaban J connectivity index is 2.64. The fourth-order valence-corrected chi connectivity index (χ4v) is 3.02. The third kappa shape index (κ3) is 5.29. The van der Waals surface area contributed by atoms with Crippen molar-refractivity contribution in [3.63, 3.8) is 0 Å². The highest BCUT2D eigenvalue weighted by molar-refractivity contribution is 7.91. The summed E-state index contributed by atoms with van der Waals surface area (Å²) in [5, 5.41) is 8.81. The Morgan fingerprint density at radius 1 is 1.15 bits per heavy atom. The van der Waals surface area contributed by atoms with Crippen molar-refractivity contribution in [3.05, 3.63) is 29.8 Å². The van der Waals surface area contributed by atoms with E-state index >= 15 is 0 Å². The standard InChI is InChI=1S/C14H21N3O2S/c1-16(2)7-8-17(3)9-10-20(18,19)14-6-4-5-13(11-14)12-15/h4-6,11H,7-10H2,1-3H3. The van der Waals surface area contributed by atoms with Gasteiger partial charge in [-0.25, -0.2) is 8.42 Å². The van der Waals surface area contributed by atoms with Gasteiger partial charge in [-0.15, -0.1) is 0 Å². The van der Waals surface area contributed by atoms with E-state index in [9.17, 15) is 8.42 Å². The molecule has 0 bridgehead atoms. The fraction of sp³-hybridized carbons (Fsp3) is 0.500. The second-order valence-electron chi connectivity index (χ2n) is 5.07. The van der Waals surface area contributed by atoms with E-state index in [0.717, 1.165) is 13.1 Å². The zero-order chi connectivity index (χ0) is 15.2. The van der Waals surface area contributed by atoms with E-state index in [-0.39, 0.29) is 10.6 Å². The third-order valence-corrected chi connectivity index (χ3v) is 4.69. The van der Waals surface area contributed by atoms with Crippen molar-refractivity contribution in [1.82, 2.24) is 9.80 Å². The van der Waals surface area contributed by atoms with Gasteiger partial charge < -0.3 is 9.80 Å². The molecule has 0 saturated heterocycles. The molecule has 6 heteroatoms. The van der Waals surface area contributed by atoms with Crippen LogP contribution in [-0.2, 0) is 9.84 Å². The molecule has 0 fully saturated rings. The summed E-state index contributed by atoms with van der Waals surface area (Å²) in [6.07, 6.45) is 0. The Morgan fingerprint density at radius 2 is 1.85 bits per heavy atom. The van der Waals surface area contributed by atoms with Crippen LogP contribution in [-0.4, -0.2) is 64.7 Å². The number of hydrogen-bond donors (Lipinski definition) is 0. The number of nitrogens with zero attached hydrogens (tertiary/aromatic N) is 3. The highest BCUT2D eigenvalue weighted by atomic mass is 32.2. The van der Waals surface area contributed by atoms with Crippen molar-refractivity contribution in [1.29, 1.82) is 5.26 Å². The molecule has 0 spiro atoms. The molecule has 0 unspecified atom stereocenters. The molecule has 5 nitrogen and oxygen atoms in total. The Bertz CT molecular complexity index is 576. The first-order chi connectivity index (χ1) is 9.35. The fourth-order valence-electron chi connectivity index (χ4n) is 1.64. The van der Waals surface area contributed by atoms with Crippen molar-refractivity contribution in [2.45, 2.75) is 4.90 Å². The number of benzene rings is 1. The highest BCUT2D eigenvalue weighted by Gasteiger charge is 2.15. The molecule has 1 aromatic carbocycles. The molecule has 0 N–H and O–H groups in total. The monoisotopic (exact) mass is 295 g/mol. The van der Waals surface area contributed by atoms with Crippen molar-refractivity contribution in [3.8, 4) is 6.07 Å². The van der Waals surface area contributed by atoms with Gasteiger partial charge in [-0.05, 0) is 39.3 Å². The molecule has 0 aliphatic heterocycles. The van der Waals surface area contributed by atoms with E-state index in [2.05, 4.69) is 4.90 Å². The Morgan fingerprint density at radius 3 is 2.45 bits per heavy atom. The predicted octanol–water partition coefficient (Wildman–Crippen LogP) is 0.825. The van der Waals surface area contributed by atoms with E-state index in [1.165, 1.54) is 12.1 Å². The normalized spacial score (nSPS) is 11.8. The molecule has 1 aromatic rings. The summed E-state index contributed by atoms with van der Waals surface area (Å²) in [4.78, 5) is 4.27. The summed E-state index contributed by atoms with van der Waals surface area (Å²) in [6.45, 7) is 2.19. The van der Waals surface area contributed by atoms with Crippen LogP contribution in [0.15, 0.2) is 29.2 Å². The molecule has 0 atom stereocenters. The van der Waals surface area contributed by atoms with Crippen LogP contribution in [0.25, 0.3) is 0 Å². The number of hydrogen-bond acceptors (Lipinski definition) is 5. The van der Waals surface area contributed by atoms with E-state index in [1.807, 2.05) is 32.1 Å². The number of sulfone groups is 1. The van der Waals surface area contributed by atoms with Crippen LogP contribution in [0.3, 0.4) is 0 Å². The van der Waals surface area contributed by atoms with Crippen molar-refractivity contribution >= 4 is 9.84 Å². The molecule has 0 saturated carbocycles. The molecular weight excluding hydrogens is 274 g/mol. The van der Waals surface area contributed by atoms with Gasteiger partial charge in [-0.1, -0.05) is 6.07 Å². The van der Waals surface area contributed by atoms with Crippen LogP contribution in [0, 0.1) is 11.3 Å². The minimum Gasteiger partial charge on any atom is -0.308 e. The van der Waals surface area contributed by atoms with Crippen molar-refractivity contribution in [2.24, 2.45) is 0 Å². The number of nitriles is 1. The molecule has 110 valence electrons. The average Bonchev–Trinajstić information content (AvgIpc) is 2.43.